The van der Waals surface area contributed by atoms with E-state index < -0.39 is 11.1 Å². The molecule has 0 fully saturated rings. The summed E-state index contributed by atoms with van der Waals surface area (Å²) in [6, 6.07) is 13.3. The van der Waals surface area contributed by atoms with Gasteiger partial charge in [-0.2, -0.15) is 0 Å². The van der Waals surface area contributed by atoms with Crippen LogP contribution in [0.25, 0.3) is 11.5 Å². The fraction of sp³-hybridized carbons (Fsp3) is 0.211. The number of hydrogen-bond acceptors (Lipinski definition) is 6. The van der Waals surface area contributed by atoms with Gasteiger partial charge in [0.05, 0.1) is 17.5 Å². The molecule has 0 aliphatic carbocycles. The van der Waals surface area contributed by atoms with Crippen molar-refractivity contribution < 1.29 is 18.3 Å². The Hall–Kier alpha value is -2.87. The van der Waals surface area contributed by atoms with Gasteiger partial charge in [-0.05, 0) is 50.2 Å². The molecule has 0 aliphatic heterocycles. The highest BCUT2D eigenvalue weighted by molar-refractivity contribution is 8.00. The number of carbonyl (C=O) groups excluding carboxylic acids is 1. The van der Waals surface area contributed by atoms with Crippen LogP contribution in [0.3, 0.4) is 0 Å². The van der Waals surface area contributed by atoms with Crippen LogP contribution in [-0.2, 0) is 4.79 Å². The molecule has 0 unspecified atom stereocenters. The summed E-state index contributed by atoms with van der Waals surface area (Å²) < 4.78 is 24.6. The molecule has 140 valence electrons. The van der Waals surface area contributed by atoms with Gasteiger partial charge in [0.1, 0.15) is 11.6 Å². The summed E-state index contributed by atoms with van der Waals surface area (Å²) in [5.41, 5.74) is 0.886. The summed E-state index contributed by atoms with van der Waals surface area (Å²) in [5, 5.41) is 10.2. The third-order valence-corrected chi connectivity index (χ3v) is 4.53. The number of para-hydroxylation sites is 1. The fourth-order valence-electron chi connectivity index (χ4n) is 2.24. The van der Waals surface area contributed by atoms with Crippen molar-refractivity contribution in [1.82, 2.24) is 10.2 Å². The van der Waals surface area contributed by atoms with Gasteiger partial charge in [-0.15, -0.1) is 10.2 Å². The molecule has 0 bridgehead atoms. The van der Waals surface area contributed by atoms with Gasteiger partial charge >= 0.3 is 0 Å². The van der Waals surface area contributed by atoms with Crippen LogP contribution in [0, 0.1) is 5.82 Å². The standard InChI is InChI=1S/C19H18FN3O3S/c1-3-25-14-10-8-13(9-11-14)18-22-23-19(26-18)27-12(2)17(24)21-16-7-5-4-6-15(16)20/h4-12H,3H2,1-2H3,(H,21,24)/t12-/m1/s1. The fourth-order valence-corrected chi connectivity index (χ4v) is 2.92. The van der Waals surface area contributed by atoms with Gasteiger partial charge in [0.15, 0.2) is 0 Å². The number of nitrogens with one attached hydrogen (secondary N) is 1. The molecular weight excluding hydrogens is 369 g/mol. The van der Waals surface area contributed by atoms with E-state index in [1.165, 1.54) is 12.1 Å². The zero-order chi connectivity index (χ0) is 19.2. The number of thioether (sulfide) groups is 1. The lowest BCUT2D eigenvalue weighted by molar-refractivity contribution is -0.115. The molecule has 0 spiro atoms. The van der Waals surface area contributed by atoms with Crippen LogP contribution in [-0.4, -0.2) is 28.0 Å². The van der Waals surface area contributed by atoms with E-state index in [0.29, 0.717) is 12.5 Å². The van der Waals surface area contributed by atoms with Crippen LogP contribution in [0.1, 0.15) is 13.8 Å². The summed E-state index contributed by atoms with van der Waals surface area (Å²) in [4.78, 5) is 12.2. The Morgan fingerprint density at radius 2 is 1.96 bits per heavy atom. The first-order valence-electron chi connectivity index (χ1n) is 8.35. The minimum absolute atomic E-state index is 0.135. The highest BCUT2D eigenvalue weighted by Crippen LogP contribution is 2.28. The number of halogens is 1. The lowest BCUT2D eigenvalue weighted by atomic mass is 10.2. The number of amides is 1. The Kier molecular flexibility index (Phi) is 6.08. The monoisotopic (exact) mass is 387 g/mol. The smallest absolute Gasteiger partial charge is 0.277 e. The predicted octanol–water partition coefficient (Wildman–Crippen LogP) is 4.39. The van der Waals surface area contributed by atoms with Crippen LogP contribution in [0.15, 0.2) is 58.2 Å². The number of hydrogen-bond donors (Lipinski definition) is 1. The molecule has 1 amide bonds. The van der Waals surface area contributed by atoms with Crippen molar-refractivity contribution in [2.45, 2.75) is 24.3 Å². The molecule has 27 heavy (non-hydrogen) atoms. The average Bonchev–Trinajstić information content (AvgIpc) is 3.13. The van der Waals surface area contributed by atoms with Crippen LogP contribution in [0.4, 0.5) is 10.1 Å². The largest absolute Gasteiger partial charge is 0.494 e. The molecule has 6 nitrogen and oxygen atoms in total. The number of carbonyl (C=O) groups is 1. The zero-order valence-corrected chi connectivity index (χ0v) is 15.6. The molecule has 0 saturated heterocycles. The Morgan fingerprint density at radius 3 is 2.67 bits per heavy atom. The van der Waals surface area contributed by atoms with Crippen molar-refractivity contribution in [2.24, 2.45) is 0 Å². The van der Waals surface area contributed by atoms with Gasteiger partial charge in [0.2, 0.25) is 11.8 Å². The van der Waals surface area contributed by atoms with Crippen LogP contribution in [0.2, 0.25) is 0 Å². The third-order valence-electron chi connectivity index (χ3n) is 3.60. The van der Waals surface area contributed by atoms with Gasteiger partial charge in [-0.25, -0.2) is 4.39 Å². The van der Waals surface area contributed by atoms with E-state index in [9.17, 15) is 9.18 Å². The maximum Gasteiger partial charge on any atom is 0.277 e. The Labute approximate surface area is 160 Å². The second kappa shape index (κ2) is 8.68. The van der Waals surface area contributed by atoms with Crippen molar-refractivity contribution in [3.05, 3.63) is 54.3 Å². The molecule has 3 aromatic rings. The molecule has 1 atom stereocenters. The van der Waals surface area contributed by atoms with Crippen molar-refractivity contribution >= 4 is 23.4 Å². The van der Waals surface area contributed by atoms with Crippen LogP contribution in [0.5, 0.6) is 5.75 Å². The maximum absolute atomic E-state index is 13.6. The summed E-state index contributed by atoms with van der Waals surface area (Å²) >= 11 is 1.10. The van der Waals surface area contributed by atoms with E-state index in [-0.39, 0.29) is 16.8 Å². The molecule has 1 N–H and O–H groups in total. The van der Waals surface area contributed by atoms with Gasteiger partial charge < -0.3 is 14.5 Å². The Balaban J connectivity index is 1.62. The van der Waals surface area contributed by atoms with Crippen LogP contribution >= 0.6 is 11.8 Å². The van der Waals surface area contributed by atoms with E-state index in [1.807, 2.05) is 31.2 Å². The third kappa shape index (κ3) is 4.85. The van der Waals surface area contributed by atoms with Crippen molar-refractivity contribution in [1.29, 1.82) is 0 Å². The van der Waals surface area contributed by atoms with Gasteiger partial charge in [-0.3, -0.25) is 4.79 Å². The SMILES string of the molecule is CCOc1ccc(-c2nnc(S[C@H](C)C(=O)Nc3ccccc3F)o2)cc1. The molecule has 1 aromatic heterocycles. The molecule has 1 heterocycles. The highest BCUT2D eigenvalue weighted by atomic mass is 32.2. The first-order chi connectivity index (χ1) is 13.1. The number of nitrogens with zero attached hydrogens (tertiary/aromatic N) is 2. The molecule has 0 aliphatic rings. The second-order valence-electron chi connectivity index (χ2n) is 5.56. The first-order valence-corrected chi connectivity index (χ1v) is 9.23. The molecule has 8 heteroatoms. The normalized spacial score (nSPS) is 11.8. The minimum Gasteiger partial charge on any atom is -0.494 e. The van der Waals surface area contributed by atoms with Crippen molar-refractivity contribution in [3.63, 3.8) is 0 Å². The second-order valence-corrected chi connectivity index (χ2v) is 6.85. The summed E-state index contributed by atoms with van der Waals surface area (Å²) in [5.74, 6) is 0.264. The van der Waals surface area contributed by atoms with E-state index in [1.54, 1.807) is 19.1 Å². The lowest BCUT2D eigenvalue weighted by Gasteiger charge is -2.10. The first kappa shape index (κ1) is 18.9. The number of ether oxygens (including phenoxy) is 1. The van der Waals surface area contributed by atoms with Gasteiger partial charge in [0, 0.05) is 5.56 Å². The van der Waals surface area contributed by atoms with E-state index in [4.69, 9.17) is 9.15 Å². The maximum atomic E-state index is 13.6. The molecule has 2 aromatic carbocycles. The number of aromatic nitrogens is 2. The summed E-state index contributed by atoms with van der Waals surface area (Å²) in [7, 11) is 0. The average molecular weight is 387 g/mol. The minimum atomic E-state index is -0.543. The van der Waals surface area contributed by atoms with Crippen LogP contribution < -0.4 is 10.1 Å². The van der Waals surface area contributed by atoms with E-state index in [0.717, 1.165) is 23.1 Å². The lowest BCUT2D eigenvalue weighted by Crippen LogP contribution is -2.22. The molecule has 3 rings (SSSR count). The Morgan fingerprint density at radius 1 is 1.22 bits per heavy atom. The van der Waals surface area contributed by atoms with Gasteiger partial charge in [-0.1, -0.05) is 23.9 Å². The number of benzene rings is 2. The van der Waals surface area contributed by atoms with Crippen molar-refractivity contribution in [3.8, 4) is 17.2 Å². The van der Waals surface area contributed by atoms with E-state index in [2.05, 4.69) is 15.5 Å². The summed E-state index contributed by atoms with van der Waals surface area (Å²) in [6.07, 6.45) is 0. The number of anilines is 1. The molecular formula is C19H18FN3O3S. The van der Waals surface area contributed by atoms with Gasteiger partial charge in [0.25, 0.3) is 5.22 Å². The topological polar surface area (TPSA) is 77.2 Å². The Bertz CT molecular complexity index is 915. The predicted molar refractivity (Wildman–Crippen MR) is 101 cm³/mol. The zero-order valence-electron chi connectivity index (χ0n) is 14.8. The summed E-state index contributed by atoms with van der Waals surface area (Å²) in [6.45, 7) is 4.19. The highest BCUT2D eigenvalue weighted by Gasteiger charge is 2.19. The molecule has 0 saturated carbocycles. The van der Waals surface area contributed by atoms with E-state index >= 15 is 0 Å². The quantitative estimate of drug-likeness (QED) is 0.606. The number of rotatable bonds is 7. The molecule has 0 radical (unpaired) electrons. The van der Waals surface area contributed by atoms with Crippen molar-refractivity contribution in [2.75, 3.05) is 11.9 Å².